The van der Waals surface area contributed by atoms with Crippen LogP contribution in [-0.2, 0) is 11.8 Å². The summed E-state index contributed by atoms with van der Waals surface area (Å²) in [6.07, 6.45) is 2.31. The van der Waals surface area contributed by atoms with Gasteiger partial charge in [-0.1, -0.05) is 49.4 Å². The lowest BCUT2D eigenvalue weighted by Gasteiger charge is -2.15. The molecule has 180 valence electrons. The second-order valence-corrected chi connectivity index (χ2v) is 7.94. The number of benzene rings is 2. The molecule has 8 heteroatoms. The van der Waals surface area contributed by atoms with Gasteiger partial charge in [-0.3, -0.25) is 0 Å². The maximum atomic E-state index is 14.5. The fraction of sp³-hybridized carbons (Fsp3) is 0.480. The number of alkyl halides is 4. The number of hydrogen-bond donors (Lipinski definition) is 1. The molecule has 0 amide bonds. The first kappa shape index (κ1) is 26.5. The normalized spacial score (nSPS) is 12.6. The van der Waals surface area contributed by atoms with Gasteiger partial charge in [0, 0.05) is 17.0 Å². The van der Waals surface area contributed by atoms with E-state index in [0.717, 1.165) is 12.8 Å². The Morgan fingerprint density at radius 3 is 2.21 bits per heavy atom. The Morgan fingerprint density at radius 1 is 0.970 bits per heavy atom. The number of ether oxygens (including phenoxy) is 2. The number of halogens is 4. The first-order chi connectivity index (χ1) is 15.7. The van der Waals surface area contributed by atoms with Gasteiger partial charge in [-0.15, -0.1) is 0 Å². The Bertz CT molecular complexity index is 941. The molecule has 2 aromatic rings. The molecule has 0 saturated heterocycles. The molecule has 0 aliphatic heterocycles. The zero-order chi connectivity index (χ0) is 24.3. The Labute approximate surface area is 192 Å². The molecule has 33 heavy (non-hydrogen) atoms. The Hall–Kier alpha value is -2.79. The van der Waals surface area contributed by atoms with Gasteiger partial charge in [0.2, 0.25) is 0 Å². The highest BCUT2D eigenvalue weighted by molar-refractivity contribution is 5.35. The summed E-state index contributed by atoms with van der Waals surface area (Å²) in [5.74, 6) is -5.83. The van der Waals surface area contributed by atoms with Gasteiger partial charge in [0.05, 0.1) is 19.8 Å². The van der Waals surface area contributed by atoms with Crippen molar-refractivity contribution in [3.63, 3.8) is 0 Å². The largest absolute Gasteiger partial charge is 0.494 e. The third-order valence-electron chi connectivity index (χ3n) is 4.98. The molecule has 2 rings (SSSR count). The minimum Gasteiger partial charge on any atom is -0.494 e. The van der Waals surface area contributed by atoms with Crippen molar-refractivity contribution in [2.24, 2.45) is 11.7 Å². The predicted octanol–water partition coefficient (Wildman–Crippen LogP) is 6.45. The predicted molar refractivity (Wildman–Crippen MR) is 122 cm³/mol. The van der Waals surface area contributed by atoms with E-state index in [2.05, 4.69) is 4.85 Å². The van der Waals surface area contributed by atoms with Crippen LogP contribution in [0, 0.1) is 12.0 Å². The summed E-state index contributed by atoms with van der Waals surface area (Å²) >= 11 is 0. The van der Waals surface area contributed by atoms with Gasteiger partial charge >= 0.3 is 12.0 Å². The van der Waals surface area contributed by atoms with Crippen LogP contribution in [0.25, 0.3) is 4.85 Å². The topological polar surface area (TPSA) is 48.8 Å². The van der Waals surface area contributed by atoms with E-state index >= 15 is 0 Å². The Morgan fingerprint density at radius 2 is 1.58 bits per heavy atom. The molecule has 2 aromatic carbocycles. The van der Waals surface area contributed by atoms with E-state index in [1.807, 2.05) is 19.9 Å². The molecule has 1 unspecified atom stereocenters. The highest BCUT2D eigenvalue weighted by atomic mass is 19.3. The minimum absolute atomic E-state index is 0.0642. The summed E-state index contributed by atoms with van der Waals surface area (Å²) in [5, 5.41) is 0. The van der Waals surface area contributed by atoms with Gasteiger partial charge in [-0.05, 0) is 37.1 Å². The van der Waals surface area contributed by atoms with Gasteiger partial charge in [0.25, 0.3) is 12.5 Å². The molecule has 0 aliphatic carbocycles. The van der Waals surface area contributed by atoms with Crippen molar-refractivity contribution in [1.82, 2.24) is 0 Å². The van der Waals surface area contributed by atoms with Crippen LogP contribution in [0.5, 0.6) is 11.5 Å². The maximum Gasteiger partial charge on any atom is 0.401 e. The number of rotatable bonds is 12. The molecule has 2 N–H and O–H groups in total. The van der Waals surface area contributed by atoms with Crippen LogP contribution in [0.2, 0.25) is 0 Å². The summed E-state index contributed by atoms with van der Waals surface area (Å²) in [7, 11) is 0. The standard InChI is InChI=1S/C25H31F4N2O2/c1-3-4-12-32-22-9-6-8-21(15-22)25(28,29)18-31-16-19(2)11-13-33-23-10-5-7-20(14-23)24(26,27)17-30/h5-10,14-15,19H,3-4,11-13,16-17,30H2,1-2H3/q+1. The molecule has 0 bridgehead atoms. The summed E-state index contributed by atoms with van der Waals surface area (Å²) in [6.45, 7) is 3.92. The van der Waals surface area contributed by atoms with E-state index in [-0.39, 0.29) is 30.2 Å². The van der Waals surface area contributed by atoms with Crippen LogP contribution in [0.3, 0.4) is 0 Å². The SMILES string of the molecule is CCCCOc1cccc(C(F)(F)C#[N+]CC(C)CCOc2cccc(C(F)(F)CN)c2)c1. The van der Waals surface area contributed by atoms with Gasteiger partial charge in [-0.25, -0.2) is 0 Å². The van der Waals surface area contributed by atoms with Crippen molar-refractivity contribution in [2.45, 2.75) is 45.0 Å². The molecule has 1 atom stereocenters. The lowest BCUT2D eigenvalue weighted by molar-refractivity contribution is 0.00569. The highest BCUT2D eigenvalue weighted by Gasteiger charge is 2.37. The summed E-state index contributed by atoms with van der Waals surface area (Å²) < 4.78 is 67.3. The first-order valence-corrected chi connectivity index (χ1v) is 11.0. The van der Waals surface area contributed by atoms with Crippen LogP contribution >= 0.6 is 0 Å². The maximum absolute atomic E-state index is 14.5. The summed E-state index contributed by atoms with van der Waals surface area (Å²) in [4.78, 5) is 3.80. The fourth-order valence-electron chi connectivity index (χ4n) is 2.88. The molecular weight excluding hydrogens is 436 g/mol. The molecule has 0 aliphatic rings. The number of hydrogen-bond acceptors (Lipinski definition) is 3. The van der Waals surface area contributed by atoms with Crippen molar-refractivity contribution in [2.75, 3.05) is 26.3 Å². The third kappa shape index (κ3) is 8.58. The van der Waals surface area contributed by atoms with Crippen molar-refractivity contribution < 1.29 is 27.0 Å². The van der Waals surface area contributed by atoms with E-state index < -0.39 is 18.4 Å². The summed E-state index contributed by atoms with van der Waals surface area (Å²) in [6, 6.07) is 13.3. The molecule has 0 radical (unpaired) electrons. The molecule has 0 heterocycles. The van der Waals surface area contributed by atoms with Crippen LogP contribution in [0.4, 0.5) is 17.6 Å². The van der Waals surface area contributed by atoms with E-state index in [4.69, 9.17) is 15.2 Å². The van der Waals surface area contributed by atoms with Crippen molar-refractivity contribution >= 4 is 0 Å². The average molecular weight is 468 g/mol. The van der Waals surface area contributed by atoms with Crippen LogP contribution in [-0.4, -0.2) is 26.3 Å². The molecular formula is C25H31F4N2O2+. The van der Waals surface area contributed by atoms with Crippen LogP contribution in [0.15, 0.2) is 48.5 Å². The monoisotopic (exact) mass is 467 g/mol. The number of nitrogens with zero attached hydrogens (tertiary/aromatic N) is 1. The van der Waals surface area contributed by atoms with Crippen LogP contribution < -0.4 is 15.2 Å². The van der Waals surface area contributed by atoms with E-state index in [0.29, 0.717) is 24.5 Å². The van der Waals surface area contributed by atoms with E-state index in [9.17, 15) is 17.6 Å². The Kier molecular flexibility index (Phi) is 9.98. The molecule has 0 aromatic heterocycles. The van der Waals surface area contributed by atoms with Crippen LogP contribution in [0.1, 0.15) is 44.2 Å². The Balaban J connectivity index is 1.85. The number of nitrogens with two attached hydrogens (primary N) is 1. The first-order valence-electron chi connectivity index (χ1n) is 11.0. The van der Waals surface area contributed by atoms with E-state index in [1.54, 1.807) is 12.1 Å². The van der Waals surface area contributed by atoms with Crippen molar-refractivity contribution in [3.05, 3.63) is 64.5 Å². The fourth-order valence-corrected chi connectivity index (χ4v) is 2.88. The zero-order valence-electron chi connectivity index (χ0n) is 19.0. The lowest BCUT2D eigenvalue weighted by Crippen LogP contribution is -2.25. The zero-order valence-corrected chi connectivity index (χ0v) is 19.0. The molecule has 0 saturated carbocycles. The highest BCUT2D eigenvalue weighted by Crippen LogP contribution is 2.31. The second kappa shape index (κ2) is 12.4. The summed E-state index contributed by atoms with van der Waals surface area (Å²) in [5.41, 5.74) is 4.67. The second-order valence-electron chi connectivity index (χ2n) is 7.94. The van der Waals surface area contributed by atoms with Gasteiger partial charge < -0.3 is 15.2 Å². The van der Waals surface area contributed by atoms with Gasteiger partial charge in [0.1, 0.15) is 11.5 Å². The average Bonchev–Trinajstić information content (AvgIpc) is 2.79. The molecule has 4 nitrogen and oxygen atoms in total. The molecule has 0 fully saturated rings. The van der Waals surface area contributed by atoms with Crippen molar-refractivity contribution in [1.29, 1.82) is 0 Å². The molecule has 0 spiro atoms. The van der Waals surface area contributed by atoms with Gasteiger partial charge in [-0.2, -0.15) is 17.6 Å². The smallest absolute Gasteiger partial charge is 0.401 e. The quantitative estimate of drug-likeness (QED) is 0.288. The third-order valence-corrected chi connectivity index (χ3v) is 4.98. The number of unbranched alkanes of at least 4 members (excludes halogenated alkanes) is 1. The minimum atomic E-state index is -3.34. The van der Waals surface area contributed by atoms with E-state index in [1.165, 1.54) is 36.4 Å². The van der Waals surface area contributed by atoms with Gasteiger partial charge in [0.15, 0.2) is 0 Å². The van der Waals surface area contributed by atoms with Crippen molar-refractivity contribution in [3.8, 4) is 17.6 Å². The lowest BCUT2D eigenvalue weighted by atomic mass is 10.1.